The van der Waals surface area contributed by atoms with Gasteiger partial charge in [-0.2, -0.15) is 10.5 Å². The molecule has 0 aliphatic carbocycles. The van der Waals surface area contributed by atoms with E-state index >= 15 is 0 Å². The fourth-order valence-corrected chi connectivity index (χ4v) is 1.26. The number of hydrogen-bond acceptors (Lipinski definition) is 4. The Hall–Kier alpha value is -1.59. The highest BCUT2D eigenvalue weighted by molar-refractivity contribution is 5.80. The number of carbonyl (C=O) groups is 1. The summed E-state index contributed by atoms with van der Waals surface area (Å²) in [5.74, 6) is -0.872. The molecule has 1 saturated heterocycles. The summed E-state index contributed by atoms with van der Waals surface area (Å²) in [6.07, 6.45) is -0.557. The number of nitriles is 2. The minimum absolute atomic E-state index is 0.226. The van der Waals surface area contributed by atoms with Gasteiger partial charge in [0, 0.05) is 6.54 Å². The maximum absolute atomic E-state index is 11.5. The molecule has 1 amide bonds. The Balaban J connectivity index is 2.58. The van der Waals surface area contributed by atoms with Gasteiger partial charge in [0.05, 0.1) is 25.3 Å². The molecule has 0 aromatic carbocycles. The van der Waals surface area contributed by atoms with E-state index in [0.29, 0.717) is 13.2 Å². The molecule has 5 heteroatoms. The number of morpholine rings is 1. The van der Waals surface area contributed by atoms with Crippen LogP contribution in [0.3, 0.4) is 0 Å². The molecule has 0 saturated carbocycles. The van der Waals surface area contributed by atoms with Gasteiger partial charge in [-0.3, -0.25) is 4.79 Å². The first-order valence-corrected chi connectivity index (χ1v) is 4.38. The maximum atomic E-state index is 11.5. The highest BCUT2D eigenvalue weighted by atomic mass is 16.5. The summed E-state index contributed by atoms with van der Waals surface area (Å²) in [5, 5.41) is 17.2. The van der Waals surface area contributed by atoms with Gasteiger partial charge < -0.3 is 9.64 Å². The Kier molecular flexibility index (Phi) is 3.44. The Bertz CT molecular complexity index is 302. The lowest BCUT2D eigenvalue weighted by molar-refractivity contribution is -0.139. The first-order valence-electron chi connectivity index (χ1n) is 4.38. The van der Waals surface area contributed by atoms with Crippen molar-refractivity contribution < 1.29 is 9.53 Å². The molecule has 0 bridgehead atoms. The van der Waals surface area contributed by atoms with Crippen molar-refractivity contribution in [2.45, 2.75) is 13.0 Å². The molecule has 0 aromatic heterocycles. The number of hydrogen-bond donors (Lipinski definition) is 0. The molecular formula is C9H11N3O2. The van der Waals surface area contributed by atoms with Gasteiger partial charge in [-0.05, 0) is 6.92 Å². The molecule has 2 unspecified atom stereocenters. The van der Waals surface area contributed by atoms with Gasteiger partial charge in [0.2, 0.25) is 5.91 Å². The summed E-state index contributed by atoms with van der Waals surface area (Å²) >= 11 is 0. The lowest BCUT2D eigenvalue weighted by atomic mass is 10.1. The summed E-state index contributed by atoms with van der Waals surface area (Å²) in [5.41, 5.74) is 0. The second kappa shape index (κ2) is 4.59. The molecular weight excluding hydrogens is 182 g/mol. The third kappa shape index (κ3) is 2.21. The van der Waals surface area contributed by atoms with Crippen LogP contribution >= 0.6 is 0 Å². The quantitative estimate of drug-likeness (QED) is 0.582. The van der Waals surface area contributed by atoms with Crippen LogP contribution in [0, 0.1) is 28.6 Å². The van der Waals surface area contributed by atoms with Gasteiger partial charge in [-0.15, -0.1) is 0 Å². The normalized spacial score (nSPS) is 23.4. The van der Waals surface area contributed by atoms with E-state index in [9.17, 15) is 4.79 Å². The summed E-state index contributed by atoms with van der Waals surface area (Å²) < 4.78 is 5.08. The van der Waals surface area contributed by atoms with Crippen molar-refractivity contribution in [1.82, 2.24) is 4.90 Å². The lowest BCUT2D eigenvalue weighted by Gasteiger charge is -2.30. The zero-order valence-electron chi connectivity index (χ0n) is 7.93. The molecule has 0 spiro atoms. The van der Waals surface area contributed by atoms with Crippen LogP contribution in [0.2, 0.25) is 0 Å². The minimum Gasteiger partial charge on any atom is -0.360 e. The highest BCUT2D eigenvalue weighted by Crippen LogP contribution is 2.08. The van der Waals surface area contributed by atoms with Gasteiger partial charge in [0.15, 0.2) is 6.10 Å². The van der Waals surface area contributed by atoms with Crippen LogP contribution < -0.4 is 0 Å². The van der Waals surface area contributed by atoms with E-state index in [1.807, 2.05) is 12.1 Å². The first-order chi connectivity index (χ1) is 6.69. The Morgan fingerprint density at radius 2 is 2.36 bits per heavy atom. The number of rotatable bonds is 1. The fourth-order valence-electron chi connectivity index (χ4n) is 1.26. The van der Waals surface area contributed by atoms with Crippen molar-refractivity contribution >= 4 is 5.91 Å². The average Bonchev–Trinajstić information content (AvgIpc) is 2.27. The topological polar surface area (TPSA) is 77.1 Å². The predicted molar refractivity (Wildman–Crippen MR) is 46.7 cm³/mol. The Labute approximate surface area is 82.5 Å². The SMILES string of the molecule is CC(C#N)C(=O)N1CCOC(C#N)C1. The van der Waals surface area contributed by atoms with E-state index in [2.05, 4.69) is 0 Å². The minimum atomic E-state index is -0.646. The first kappa shape index (κ1) is 10.5. The lowest BCUT2D eigenvalue weighted by Crippen LogP contribution is -2.46. The van der Waals surface area contributed by atoms with Gasteiger partial charge in [-0.1, -0.05) is 0 Å². The zero-order valence-corrected chi connectivity index (χ0v) is 7.93. The molecule has 1 rings (SSSR count). The third-order valence-corrected chi connectivity index (χ3v) is 2.09. The van der Waals surface area contributed by atoms with Gasteiger partial charge in [-0.25, -0.2) is 0 Å². The number of nitrogens with zero attached hydrogens (tertiary/aromatic N) is 3. The van der Waals surface area contributed by atoms with E-state index in [-0.39, 0.29) is 12.5 Å². The van der Waals surface area contributed by atoms with Gasteiger partial charge >= 0.3 is 0 Å². The molecule has 1 aliphatic heterocycles. The van der Waals surface area contributed by atoms with Crippen LogP contribution in [0.5, 0.6) is 0 Å². The molecule has 0 N–H and O–H groups in total. The molecule has 14 heavy (non-hydrogen) atoms. The van der Waals surface area contributed by atoms with E-state index in [1.54, 1.807) is 6.92 Å². The molecule has 0 radical (unpaired) electrons. The van der Waals surface area contributed by atoms with Gasteiger partial charge in [0.25, 0.3) is 0 Å². The van der Waals surface area contributed by atoms with E-state index in [0.717, 1.165) is 0 Å². The number of amides is 1. The zero-order chi connectivity index (χ0) is 10.6. The summed E-state index contributed by atoms with van der Waals surface area (Å²) in [6, 6.07) is 3.83. The van der Waals surface area contributed by atoms with Crippen molar-refractivity contribution in [1.29, 1.82) is 10.5 Å². The summed E-state index contributed by atoms with van der Waals surface area (Å²) in [7, 11) is 0. The second-order valence-electron chi connectivity index (χ2n) is 3.12. The molecule has 74 valence electrons. The van der Waals surface area contributed by atoms with Crippen LogP contribution in [0.4, 0.5) is 0 Å². The van der Waals surface area contributed by atoms with Crippen molar-refractivity contribution in [2.75, 3.05) is 19.7 Å². The Morgan fingerprint density at radius 1 is 1.64 bits per heavy atom. The molecule has 2 atom stereocenters. The monoisotopic (exact) mass is 193 g/mol. The fraction of sp³-hybridized carbons (Fsp3) is 0.667. The smallest absolute Gasteiger partial charge is 0.239 e. The summed E-state index contributed by atoms with van der Waals surface area (Å²) in [4.78, 5) is 13.0. The molecule has 1 fully saturated rings. The van der Waals surface area contributed by atoms with Crippen LogP contribution in [-0.4, -0.2) is 36.6 Å². The maximum Gasteiger partial charge on any atom is 0.239 e. The van der Waals surface area contributed by atoms with Crippen LogP contribution in [-0.2, 0) is 9.53 Å². The van der Waals surface area contributed by atoms with Crippen LogP contribution in [0.25, 0.3) is 0 Å². The molecule has 5 nitrogen and oxygen atoms in total. The number of ether oxygens (including phenoxy) is 1. The molecule has 1 heterocycles. The standard InChI is InChI=1S/C9H11N3O2/c1-7(4-10)9(13)12-2-3-14-8(5-11)6-12/h7-8H,2-3,6H2,1H3. The van der Waals surface area contributed by atoms with Gasteiger partial charge in [0.1, 0.15) is 5.92 Å². The van der Waals surface area contributed by atoms with Crippen molar-refractivity contribution in [2.24, 2.45) is 5.92 Å². The molecule has 1 aliphatic rings. The highest BCUT2D eigenvalue weighted by Gasteiger charge is 2.26. The van der Waals surface area contributed by atoms with Crippen LogP contribution in [0.1, 0.15) is 6.92 Å². The van der Waals surface area contributed by atoms with Crippen molar-refractivity contribution in [3.8, 4) is 12.1 Å². The van der Waals surface area contributed by atoms with E-state index in [4.69, 9.17) is 15.3 Å². The third-order valence-electron chi connectivity index (χ3n) is 2.09. The summed E-state index contributed by atoms with van der Waals surface area (Å²) in [6.45, 7) is 2.64. The van der Waals surface area contributed by atoms with E-state index in [1.165, 1.54) is 4.90 Å². The Morgan fingerprint density at radius 3 is 2.93 bits per heavy atom. The predicted octanol–water partition coefficient (Wildman–Crippen LogP) is -0.103. The number of carbonyl (C=O) groups excluding carboxylic acids is 1. The largest absolute Gasteiger partial charge is 0.360 e. The van der Waals surface area contributed by atoms with Crippen LogP contribution in [0.15, 0.2) is 0 Å². The van der Waals surface area contributed by atoms with Crippen molar-refractivity contribution in [3.05, 3.63) is 0 Å². The molecule has 0 aromatic rings. The van der Waals surface area contributed by atoms with Crippen molar-refractivity contribution in [3.63, 3.8) is 0 Å². The second-order valence-corrected chi connectivity index (χ2v) is 3.12. The average molecular weight is 193 g/mol. The van der Waals surface area contributed by atoms with E-state index < -0.39 is 12.0 Å².